The number of carbonyl (C=O) groups is 2. The SMILES string of the molecule is C=CCN(C(=O)Nc1ccc(C)cc1)C1CCN(OC)CC1.O=C(C1CCCC1)N1CCCC1. The van der Waals surface area contributed by atoms with Crippen molar-refractivity contribution in [2.75, 3.05) is 45.2 Å². The summed E-state index contributed by atoms with van der Waals surface area (Å²) in [6, 6.07) is 7.98. The summed E-state index contributed by atoms with van der Waals surface area (Å²) in [5, 5.41) is 4.90. The third kappa shape index (κ3) is 7.57. The molecule has 3 amide bonds. The highest BCUT2D eigenvalue weighted by atomic mass is 16.7. The molecule has 0 spiro atoms. The minimum atomic E-state index is -0.0698. The second-order valence-electron chi connectivity index (χ2n) is 9.59. The van der Waals surface area contributed by atoms with E-state index in [4.69, 9.17) is 4.84 Å². The molecule has 3 fully saturated rings. The smallest absolute Gasteiger partial charge is 0.322 e. The van der Waals surface area contributed by atoms with Crippen LogP contribution in [0.1, 0.15) is 56.9 Å². The lowest BCUT2D eigenvalue weighted by Crippen LogP contribution is -2.48. The minimum Gasteiger partial charge on any atom is -0.342 e. The average Bonchev–Trinajstić information content (AvgIpc) is 3.59. The Hall–Kier alpha value is -2.38. The number of nitrogens with one attached hydrogen (secondary N) is 1. The Balaban J connectivity index is 0.000000226. The number of piperidine rings is 1. The number of likely N-dealkylation sites (tertiary alicyclic amines) is 1. The molecule has 2 heterocycles. The van der Waals surface area contributed by atoms with Gasteiger partial charge in [-0.3, -0.25) is 4.79 Å². The van der Waals surface area contributed by atoms with Crippen LogP contribution in [0.2, 0.25) is 0 Å². The number of hydroxylamine groups is 2. The standard InChI is InChI=1S/C17H25N3O2.C10H17NO/c1-4-11-20(16-9-12-19(22-3)13-10-16)17(21)18-15-7-5-14(2)6-8-15;12-10(9-5-1-2-6-9)11-7-3-4-8-11/h4-8,16H,1,9-13H2,2-3H3,(H,18,21);9H,1-8H2. The fourth-order valence-corrected chi connectivity index (χ4v) is 5.07. The van der Waals surface area contributed by atoms with Gasteiger partial charge in [0.1, 0.15) is 0 Å². The van der Waals surface area contributed by atoms with Gasteiger partial charge in [-0.25, -0.2) is 4.79 Å². The largest absolute Gasteiger partial charge is 0.342 e. The van der Waals surface area contributed by atoms with E-state index in [0.717, 1.165) is 57.5 Å². The topological polar surface area (TPSA) is 65.1 Å². The van der Waals surface area contributed by atoms with E-state index in [1.807, 2.05) is 41.2 Å². The monoisotopic (exact) mass is 470 g/mol. The van der Waals surface area contributed by atoms with Gasteiger partial charge in [0.15, 0.2) is 0 Å². The van der Waals surface area contributed by atoms with Gasteiger partial charge in [0.2, 0.25) is 5.91 Å². The van der Waals surface area contributed by atoms with Crippen LogP contribution in [0.4, 0.5) is 10.5 Å². The van der Waals surface area contributed by atoms with Crippen LogP contribution in [0, 0.1) is 12.8 Å². The minimum absolute atomic E-state index is 0.0698. The highest BCUT2D eigenvalue weighted by molar-refractivity contribution is 5.89. The van der Waals surface area contributed by atoms with Crippen LogP contribution in [-0.2, 0) is 9.63 Å². The molecule has 1 saturated carbocycles. The summed E-state index contributed by atoms with van der Waals surface area (Å²) in [5.74, 6) is 0.841. The molecule has 7 heteroatoms. The predicted molar refractivity (Wildman–Crippen MR) is 136 cm³/mol. The molecule has 0 aromatic heterocycles. The van der Waals surface area contributed by atoms with Crippen molar-refractivity contribution in [2.24, 2.45) is 5.92 Å². The molecule has 34 heavy (non-hydrogen) atoms. The molecule has 1 aliphatic carbocycles. The Morgan fingerprint density at radius 1 is 1.03 bits per heavy atom. The Kier molecular flexibility index (Phi) is 10.4. The fraction of sp³-hybridized carbons (Fsp3) is 0.630. The average molecular weight is 471 g/mol. The van der Waals surface area contributed by atoms with Crippen LogP contribution in [0.3, 0.4) is 0 Å². The molecule has 0 atom stereocenters. The normalized spacial score (nSPS) is 19.4. The third-order valence-corrected chi connectivity index (χ3v) is 7.13. The maximum atomic E-state index is 12.6. The molecular weight excluding hydrogens is 428 g/mol. The summed E-state index contributed by atoms with van der Waals surface area (Å²) in [5.41, 5.74) is 1.99. The molecule has 1 aromatic rings. The van der Waals surface area contributed by atoms with Gasteiger partial charge >= 0.3 is 6.03 Å². The summed E-state index contributed by atoms with van der Waals surface area (Å²) in [6.45, 7) is 10.1. The number of amides is 3. The number of aryl methyl sites for hydroxylation is 1. The Morgan fingerprint density at radius 3 is 2.21 bits per heavy atom. The Labute approximate surface area is 205 Å². The van der Waals surface area contributed by atoms with E-state index < -0.39 is 0 Å². The van der Waals surface area contributed by atoms with E-state index in [-0.39, 0.29) is 12.1 Å². The van der Waals surface area contributed by atoms with Gasteiger partial charge < -0.3 is 20.0 Å². The zero-order valence-electron chi connectivity index (χ0n) is 21.0. The van der Waals surface area contributed by atoms with Crippen molar-refractivity contribution in [1.29, 1.82) is 0 Å². The lowest BCUT2D eigenvalue weighted by atomic mass is 10.0. The van der Waals surface area contributed by atoms with E-state index in [1.165, 1.54) is 31.2 Å². The summed E-state index contributed by atoms with van der Waals surface area (Å²) in [7, 11) is 1.69. The summed E-state index contributed by atoms with van der Waals surface area (Å²) in [4.78, 5) is 33.5. The molecule has 188 valence electrons. The maximum Gasteiger partial charge on any atom is 0.322 e. The van der Waals surface area contributed by atoms with Crippen LogP contribution in [0.25, 0.3) is 0 Å². The molecule has 1 N–H and O–H groups in total. The van der Waals surface area contributed by atoms with Crippen molar-refractivity contribution < 1.29 is 14.4 Å². The fourth-order valence-electron chi connectivity index (χ4n) is 5.07. The van der Waals surface area contributed by atoms with Gasteiger partial charge in [-0.15, -0.1) is 6.58 Å². The molecule has 2 aliphatic heterocycles. The van der Waals surface area contributed by atoms with Gasteiger partial charge in [-0.1, -0.05) is 36.6 Å². The van der Waals surface area contributed by atoms with E-state index >= 15 is 0 Å². The molecule has 3 aliphatic rings. The lowest BCUT2D eigenvalue weighted by Gasteiger charge is -2.37. The Bertz CT molecular complexity index is 760. The van der Waals surface area contributed by atoms with Crippen molar-refractivity contribution in [2.45, 2.75) is 64.3 Å². The Morgan fingerprint density at radius 2 is 1.65 bits per heavy atom. The van der Waals surface area contributed by atoms with Crippen LogP contribution in [-0.4, -0.2) is 72.7 Å². The second kappa shape index (κ2) is 13.5. The maximum absolute atomic E-state index is 12.6. The molecular formula is C27H42N4O3. The predicted octanol–water partition coefficient (Wildman–Crippen LogP) is 4.84. The van der Waals surface area contributed by atoms with Crippen molar-refractivity contribution in [3.8, 4) is 0 Å². The van der Waals surface area contributed by atoms with E-state index in [0.29, 0.717) is 18.4 Å². The molecule has 0 bridgehead atoms. The molecule has 7 nitrogen and oxygen atoms in total. The number of benzene rings is 1. The summed E-state index contributed by atoms with van der Waals surface area (Å²) in [6.07, 6.45) is 10.9. The summed E-state index contributed by atoms with van der Waals surface area (Å²) < 4.78 is 0. The zero-order valence-corrected chi connectivity index (χ0v) is 21.0. The van der Waals surface area contributed by atoms with Gasteiger partial charge in [-0.05, 0) is 57.6 Å². The number of nitrogens with zero attached hydrogens (tertiary/aromatic N) is 3. The first kappa shape index (κ1) is 26.2. The molecule has 2 saturated heterocycles. The van der Waals surface area contributed by atoms with Crippen LogP contribution < -0.4 is 5.32 Å². The quantitative estimate of drug-likeness (QED) is 0.604. The van der Waals surface area contributed by atoms with Crippen LogP contribution >= 0.6 is 0 Å². The lowest BCUT2D eigenvalue weighted by molar-refractivity contribution is -0.148. The molecule has 0 radical (unpaired) electrons. The number of hydrogen-bond donors (Lipinski definition) is 1. The van der Waals surface area contributed by atoms with E-state index in [2.05, 4.69) is 16.8 Å². The first-order valence-electron chi connectivity index (χ1n) is 12.8. The molecule has 0 unspecified atom stereocenters. The zero-order chi connectivity index (χ0) is 24.3. The van der Waals surface area contributed by atoms with Gasteiger partial charge in [-0.2, -0.15) is 5.06 Å². The second-order valence-corrected chi connectivity index (χ2v) is 9.59. The van der Waals surface area contributed by atoms with Crippen molar-refractivity contribution in [3.63, 3.8) is 0 Å². The van der Waals surface area contributed by atoms with E-state index in [9.17, 15) is 9.59 Å². The highest BCUT2D eigenvalue weighted by Crippen LogP contribution is 2.27. The molecule has 4 rings (SSSR count). The number of hydrogen-bond acceptors (Lipinski definition) is 4. The third-order valence-electron chi connectivity index (χ3n) is 7.13. The van der Waals surface area contributed by atoms with Crippen LogP contribution in [0.5, 0.6) is 0 Å². The molecule has 1 aromatic carbocycles. The highest BCUT2D eigenvalue weighted by Gasteiger charge is 2.29. The number of urea groups is 1. The van der Waals surface area contributed by atoms with Crippen LogP contribution in [0.15, 0.2) is 36.9 Å². The van der Waals surface area contributed by atoms with Crippen molar-refractivity contribution in [1.82, 2.24) is 14.9 Å². The van der Waals surface area contributed by atoms with E-state index in [1.54, 1.807) is 13.2 Å². The number of rotatable bonds is 6. The van der Waals surface area contributed by atoms with Gasteiger partial charge in [0, 0.05) is 50.4 Å². The van der Waals surface area contributed by atoms with Gasteiger partial charge in [0.05, 0.1) is 7.11 Å². The van der Waals surface area contributed by atoms with Crippen molar-refractivity contribution >= 4 is 17.6 Å². The summed E-state index contributed by atoms with van der Waals surface area (Å²) >= 11 is 0. The number of anilines is 1. The number of carbonyl (C=O) groups excluding carboxylic acids is 2. The van der Waals surface area contributed by atoms with Crippen molar-refractivity contribution in [3.05, 3.63) is 42.5 Å². The van der Waals surface area contributed by atoms with Gasteiger partial charge in [0.25, 0.3) is 0 Å². The first-order valence-corrected chi connectivity index (χ1v) is 12.8. The first-order chi connectivity index (χ1) is 16.5.